The highest BCUT2D eigenvalue weighted by Crippen LogP contribution is 2.21. The maximum Gasteiger partial charge on any atom is 0.225 e. The highest BCUT2D eigenvalue weighted by Gasteiger charge is 2.10. The van der Waals surface area contributed by atoms with Gasteiger partial charge in [0.1, 0.15) is 5.75 Å². The number of hydrogen-bond donors (Lipinski definition) is 2. The Labute approximate surface area is 134 Å². The largest absolute Gasteiger partial charge is 0.494 e. The van der Waals surface area contributed by atoms with Gasteiger partial charge in [-0.15, -0.1) is 0 Å². The molecule has 0 aliphatic carbocycles. The van der Waals surface area contributed by atoms with Crippen molar-refractivity contribution in [2.75, 3.05) is 11.9 Å². The molecule has 0 spiro atoms. The third-order valence-electron chi connectivity index (χ3n) is 3.62. The Bertz CT molecular complexity index is 811. The van der Waals surface area contributed by atoms with Gasteiger partial charge in [0.15, 0.2) is 5.82 Å². The van der Waals surface area contributed by atoms with E-state index in [1.165, 1.54) is 0 Å². The zero-order valence-corrected chi connectivity index (χ0v) is 13.0. The van der Waals surface area contributed by atoms with E-state index in [2.05, 4.69) is 15.5 Å². The minimum atomic E-state index is -0.0615. The number of amides is 1. The molecule has 0 bridgehead atoms. The van der Waals surface area contributed by atoms with E-state index in [9.17, 15) is 4.79 Å². The number of anilines is 1. The summed E-state index contributed by atoms with van der Waals surface area (Å²) in [6, 6.07) is 15.5. The number of nitrogens with zero attached hydrogens (tertiary/aromatic N) is 1. The summed E-state index contributed by atoms with van der Waals surface area (Å²) in [6.07, 6.45) is 1.01. The van der Waals surface area contributed by atoms with Crippen molar-refractivity contribution in [2.24, 2.45) is 0 Å². The SMILES string of the molecule is CCOc1ccccc1CCC(=O)Nc1n[nH]c2ccccc12. The molecular formula is C18H19N3O2. The number of ether oxygens (including phenoxy) is 1. The van der Waals surface area contributed by atoms with E-state index in [0.29, 0.717) is 25.3 Å². The third kappa shape index (κ3) is 3.51. The molecule has 0 aliphatic rings. The van der Waals surface area contributed by atoms with Crippen LogP contribution in [0.15, 0.2) is 48.5 Å². The Morgan fingerprint density at radius 3 is 2.83 bits per heavy atom. The van der Waals surface area contributed by atoms with Crippen LogP contribution in [0.25, 0.3) is 10.9 Å². The summed E-state index contributed by atoms with van der Waals surface area (Å²) in [5, 5.41) is 10.8. The fourth-order valence-electron chi connectivity index (χ4n) is 2.51. The first-order valence-electron chi connectivity index (χ1n) is 7.71. The van der Waals surface area contributed by atoms with E-state index in [4.69, 9.17) is 4.74 Å². The van der Waals surface area contributed by atoms with Crippen LogP contribution in [-0.4, -0.2) is 22.7 Å². The topological polar surface area (TPSA) is 67.0 Å². The first-order valence-corrected chi connectivity index (χ1v) is 7.71. The van der Waals surface area contributed by atoms with E-state index in [1.54, 1.807) is 0 Å². The Balaban J connectivity index is 1.64. The average molecular weight is 309 g/mol. The number of carbonyl (C=O) groups excluding carboxylic acids is 1. The number of rotatable bonds is 6. The van der Waals surface area contributed by atoms with E-state index < -0.39 is 0 Å². The number of fused-ring (bicyclic) bond motifs is 1. The van der Waals surface area contributed by atoms with Crippen molar-refractivity contribution in [1.82, 2.24) is 10.2 Å². The van der Waals surface area contributed by atoms with Gasteiger partial charge < -0.3 is 10.1 Å². The summed E-state index contributed by atoms with van der Waals surface area (Å²) >= 11 is 0. The van der Waals surface area contributed by atoms with Gasteiger partial charge in [-0.1, -0.05) is 30.3 Å². The molecule has 3 rings (SSSR count). The van der Waals surface area contributed by atoms with Crippen LogP contribution in [0.1, 0.15) is 18.9 Å². The smallest absolute Gasteiger partial charge is 0.225 e. The van der Waals surface area contributed by atoms with E-state index in [0.717, 1.165) is 22.2 Å². The fraction of sp³-hybridized carbons (Fsp3) is 0.222. The number of para-hydroxylation sites is 2. The van der Waals surface area contributed by atoms with Crippen LogP contribution in [0.4, 0.5) is 5.82 Å². The minimum absolute atomic E-state index is 0.0615. The normalized spacial score (nSPS) is 10.7. The van der Waals surface area contributed by atoms with Crippen molar-refractivity contribution in [1.29, 1.82) is 0 Å². The Hall–Kier alpha value is -2.82. The van der Waals surface area contributed by atoms with Crippen LogP contribution in [-0.2, 0) is 11.2 Å². The third-order valence-corrected chi connectivity index (χ3v) is 3.62. The molecule has 0 atom stereocenters. The summed E-state index contributed by atoms with van der Waals surface area (Å²) in [4.78, 5) is 12.2. The number of carbonyl (C=O) groups is 1. The van der Waals surface area contributed by atoms with Crippen LogP contribution in [0.5, 0.6) is 5.75 Å². The van der Waals surface area contributed by atoms with Crippen molar-refractivity contribution < 1.29 is 9.53 Å². The zero-order valence-electron chi connectivity index (χ0n) is 13.0. The number of H-pyrrole nitrogens is 1. The number of aromatic nitrogens is 2. The lowest BCUT2D eigenvalue weighted by Crippen LogP contribution is -2.13. The summed E-state index contributed by atoms with van der Waals surface area (Å²) < 4.78 is 5.58. The Morgan fingerprint density at radius 1 is 1.17 bits per heavy atom. The fourth-order valence-corrected chi connectivity index (χ4v) is 2.51. The quantitative estimate of drug-likeness (QED) is 0.732. The van der Waals surface area contributed by atoms with Crippen molar-refractivity contribution in [3.8, 4) is 5.75 Å². The van der Waals surface area contributed by atoms with Crippen LogP contribution in [0.2, 0.25) is 0 Å². The number of nitrogens with one attached hydrogen (secondary N) is 2. The molecule has 1 amide bonds. The molecule has 0 unspecified atom stereocenters. The average Bonchev–Trinajstić information content (AvgIpc) is 2.98. The van der Waals surface area contributed by atoms with E-state index in [1.807, 2.05) is 55.5 Å². The monoisotopic (exact) mass is 309 g/mol. The molecule has 23 heavy (non-hydrogen) atoms. The first-order chi connectivity index (χ1) is 11.3. The molecule has 0 fully saturated rings. The molecular weight excluding hydrogens is 290 g/mol. The second-order valence-electron chi connectivity index (χ2n) is 5.21. The van der Waals surface area contributed by atoms with Gasteiger partial charge in [0.2, 0.25) is 5.91 Å². The van der Waals surface area contributed by atoms with Gasteiger partial charge in [0.05, 0.1) is 12.1 Å². The lowest BCUT2D eigenvalue weighted by atomic mass is 10.1. The summed E-state index contributed by atoms with van der Waals surface area (Å²) in [6.45, 7) is 2.56. The number of hydrogen-bond acceptors (Lipinski definition) is 3. The number of benzene rings is 2. The highest BCUT2D eigenvalue weighted by molar-refractivity contribution is 5.99. The lowest BCUT2D eigenvalue weighted by Gasteiger charge is -2.09. The van der Waals surface area contributed by atoms with Crippen LogP contribution in [0, 0.1) is 0 Å². The molecule has 0 aliphatic heterocycles. The standard InChI is InChI=1S/C18H19N3O2/c1-2-23-16-10-6-3-7-13(16)11-12-17(22)19-18-14-8-4-5-9-15(14)20-21-18/h3-10H,2,11-12H2,1H3,(H2,19,20,21,22). The van der Waals surface area contributed by atoms with Gasteiger partial charge in [0.25, 0.3) is 0 Å². The van der Waals surface area contributed by atoms with Gasteiger partial charge in [-0.2, -0.15) is 5.10 Å². The maximum absolute atomic E-state index is 12.2. The van der Waals surface area contributed by atoms with Crippen molar-refractivity contribution in [3.63, 3.8) is 0 Å². The first kappa shape index (κ1) is 15.1. The van der Waals surface area contributed by atoms with Crippen LogP contribution in [0.3, 0.4) is 0 Å². The highest BCUT2D eigenvalue weighted by atomic mass is 16.5. The second-order valence-corrected chi connectivity index (χ2v) is 5.21. The van der Waals surface area contributed by atoms with Crippen LogP contribution >= 0.6 is 0 Å². The van der Waals surface area contributed by atoms with Crippen molar-refractivity contribution >= 4 is 22.6 Å². The summed E-state index contributed by atoms with van der Waals surface area (Å²) in [7, 11) is 0. The lowest BCUT2D eigenvalue weighted by molar-refractivity contribution is -0.116. The molecule has 0 radical (unpaired) electrons. The Morgan fingerprint density at radius 2 is 1.96 bits per heavy atom. The summed E-state index contributed by atoms with van der Waals surface area (Å²) in [5.41, 5.74) is 1.95. The molecule has 118 valence electrons. The molecule has 0 saturated carbocycles. The molecule has 2 aromatic carbocycles. The molecule has 5 heteroatoms. The molecule has 0 saturated heterocycles. The molecule has 1 heterocycles. The van der Waals surface area contributed by atoms with Gasteiger partial charge in [0, 0.05) is 11.8 Å². The molecule has 3 aromatic rings. The predicted octanol–water partition coefficient (Wildman–Crippen LogP) is 3.53. The van der Waals surface area contributed by atoms with Gasteiger partial charge in [-0.3, -0.25) is 9.89 Å². The van der Waals surface area contributed by atoms with E-state index >= 15 is 0 Å². The van der Waals surface area contributed by atoms with E-state index in [-0.39, 0.29) is 5.91 Å². The second kappa shape index (κ2) is 6.96. The van der Waals surface area contributed by atoms with Gasteiger partial charge in [-0.05, 0) is 37.1 Å². The minimum Gasteiger partial charge on any atom is -0.494 e. The van der Waals surface area contributed by atoms with Crippen molar-refractivity contribution in [3.05, 3.63) is 54.1 Å². The zero-order chi connectivity index (χ0) is 16.1. The molecule has 1 aromatic heterocycles. The maximum atomic E-state index is 12.2. The number of aryl methyl sites for hydroxylation is 1. The van der Waals surface area contributed by atoms with Crippen molar-refractivity contribution in [2.45, 2.75) is 19.8 Å². The van der Waals surface area contributed by atoms with Gasteiger partial charge >= 0.3 is 0 Å². The van der Waals surface area contributed by atoms with Crippen LogP contribution < -0.4 is 10.1 Å². The molecule has 2 N–H and O–H groups in total. The van der Waals surface area contributed by atoms with Gasteiger partial charge in [-0.25, -0.2) is 0 Å². The predicted molar refractivity (Wildman–Crippen MR) is 90.7 cm³/mol. The molecule has 5 nitrogen and oxygen atoms in total. The number of aromatic amines is 1. The summed E-state index contributed by atoms with van der Waals surface area (Å²) in [5.74, 6) is 1.35. The Kier molecular flexibility index (Phi) is 4.57.